The van der Waals surface area contributed by atoms with E-state index in [4.69, 9.17) is 5.73 Å². The number of nitrogens with zero attached hydrogens (tertiary/aromatic N) is 1. The zero-order valence-electron chi connectivity index (χ0n) is 11.3. The van der Waals surface area contributed by atoms with E-state index in [-0.39, 0.29) is 21.4 Å². The van der Waals surface area contributed by atoms with Crippen molar-refractivity contribution in [3.05, 3.63) is 57.8 Å². The van der Waals surface area contributed by atoms with E-state index in [1.54, 1.807) is 0 Å². The number of halogens is 4. The van der Waals surface area contributed by atoms with Crippen molar-refractivity contribution in [1.82, 2.24) is 4.98 Å². The van der Waals surface area contributed by atoms with Gasteiger partial charge in [0.2, 0.25) is 0 Å². The average Bonchev–Trinajstić information content (AvgIpc) is 2.46. The van der Waals surface area contributed by atoms with E-state index in [0.29, 0.717) is 0 Å². The molecule has 0 aliphatic rings. The number of carbonyl (C=O) groups is 2. The van der Waals surface area contributed by atoms with Crippen molar-refractivity contribution >= 4 is 33.4 Å². The molecule has 5 nitrogen and oxygen atoms in total. The van der Waals surface area contributed by atoms with Crippen LogP contribution in [0.25, 0.3) is 0 Å². The van der Waals surface area contributed by atoms with E-state index in [0.717, 1.165) is 18.2 Å². The molecule has 0 aliphatic carbocycles. The van der Waals surface area contributed by atoms with Crippen LogP contribution in [0.5, 0.6) is 0 Å². The Morgan fingerprint density at radius 3 is 2.43 bits per heavy atom. The molecule has 1 aromatic carbocycles. The molecule has 0 unspecified atom stereocenters. The molecule has 2 rings (SSSR count). The molecular weight excluding hydrogens is 379 g/mol. The zero-order valence-corrected chi connectivity index (χ0v) is 12.9. The highest BCUT2D eigenvalue weighted by Crippen LogP contribution is 2.32. The Kier molecular flexibility index (Phi) is 4.69. The molecule has 0 saturated carbocycles. The third-order valence-corrected chi connectivity index (χ3v) is 3.47. The number of aromatic nitrogens is 1. The van der Waals surface area contributed by atoms with Crippen LogP contribution in [-0.2, 0) is 6.18 Å². The lowest BCUT2D eigenvalue weighted by Gasteiger charge is -2.11. The summed E-state index contributed by atoms with van der Waals surface area (Å²) in [6, 6.07) is 5.36. The smallest absolute Gasteiger partial charge is 0.364 e. The number of pyridine rings is 1. The fourth-order valence-electron chi connectivity index (χ4n) is 1.72. The summed E-state index contributed by atoms with van der Waals surface area (Å²) < 4.78 is 37.8. The number of carbonyl (C=O) groups excluding carboxylic acids is 2. The van der Waals surface area contributed by atoms with Gasteiger partial charge in [-0.25, -0.2) is 0 Å². The van der Waals surface area contributed by atoms with Crippen LogP contribution in [0.2, 0.25) is 0 Å². The normalized spacial score (nSPS) is 11.1. The van der Waals surface area contributed by atoms with E-state index in [1.807, 2.05) is 0 Å². The first-order valence-electron chi connectivity index (χ1n) is 6.12. The van der Waals surface area contributed by atoms with Gasteiger partial charge in [0.15, 0.2) is 0 Å². The first-order chi connectivity index (χ1) is 10.7. The predicted octanol–water partition coefficient (Wildman–Crippen LogP) is 3.21. The molecule has 1 heterocycles. The van der Waals surface area contributed by atoms with Crippen molar-refractivity contribution in [3.63, 3.8) is 0 Å². The third kappa shape index (κ3) is 4.07. The summed E-state index contributed by atoms with van der Waals surface area (Å²) in [6.45, 7) is 0. The topological polar surface area (TPSA) is 85.1 Å². The fourth-order valence-corrected chi connectivity index (χ4v) is 2.28. The van der Waals surface area contributed by atoms with Crippen molar-refractivity contribution in [3.8, 4) is 0 Å². The van der Waals surface area contributed by atoms with Gasteiger partial charge in [0.25, 0.3) is 11.8 Å². The summed E-state index contributed by atoms with van der Waals surface area (Å²) in [5, 5.41) is 2.45. The molecule has 1 aromatic heterocycles. The van der Waals surface area contributed by atoms with Gasteiger partial charge in [0.1, 0.15) is 5.69 Å². The number of benzene rings is 1. The Labute approximate surface area is 136 Å². The lowest BCUT2D eigenvalue weighted by Crippen LogP contribution is -2.16. The van der Waals surface area contributed by atoms with Gasteiger partial charge < -0.3 is 11.1 Å². The minimum Gasteiger partial charge on any atom is -0.364 e. The maximum Gasteiger partial charge on any atom is 0.416 e. The van der Waals surface area contributed by atoms with Crippen molar-refractivity contribution in [2.75, 3.05) is 5.32 Å². The summed E-state index contributed by atoms with van der Waals surface area (Å²) in [4.78, 5) is 26.9. The highest BCUT2D eigenvalue weighted by Gasteiger charge is 2.31. The number of alkyl halides is 3. The van der Waals surface area contributed by atoms with E-state index < -0.39 is 23.6 Å². The quantitative estimate of drug-likeness (QED) is 0.847. The SMILES string of the molecule is NC(=O)c1cc(NC(=O)c2ccc(C(F)(F)F)cc2Br)ccn1. The molecule has 3 N–H and O–H groups in total. The second-order valence-corrected chi connectivity index (χ2v) is 5.29. The summed E-state index contributed by atoms with van der Waals surface area (Å²) in [5.74, 6) is -1.41. The molecule has 0 saturated heterocycles. The Morgan fingerprint density at radius 2 is 1.87 bits per heavy atom. The summed E-state index contributed by atoms with van der Waals surface area (Å²) in [7, 11) is 0. The number of hydrogen-bond donors (Lipinski definition) is 2. The van der Waals surface area contributed by atoms with Gasteiger partial charge in [-0.3, -0.25) is 14.6 Å². The first kappa shape index (κ1) is 16.9. The van der Waals surface area contributed by atoms with Crippen LogP contribution >= 0.6 is 15.9 Å². The molecular formula is C14H9BrF3N3O2. The Bertz CT molecular complexity index is 778. The molecule has 2 amide bonds. The van der Waals surface area contributed by atoms with E-state index in [1.165, 1.54) is 18.3 Å². The summed E-state index contributed by atoms with van der Waals surface area (Å²) in [5.41, 5.74) is 4.41. The van der Waals surface area contributed by atoms with E-state index >= 15 is 0 Å². The lowest BCUT2D eigenvalue weighted by molar-refractivity contribution is -0.137. The maximum atomic E-state index is 12.6. The molecule has 0 atom stereocenters. The summed E-state index contributed by atoms with van der Waals surface area (Å²) >= 11 is 2.94. The van der Waals surface area contributed by atoms with Gasteiger partial charge in [-0.2, -0.15) is 13.2 Å². The number of hydrogen-bond acceptors (Lipinski definition) is 3. The van der Waals surface area contributed by atoms with Crippen molar-refractivity contribution in [2.45, 2.75) is 6.18 Å². The highest BCUT2D eigenvalue weighted by molar-refractivity contribution is 9.10. The van der Waals surface area contributed by atoms with Crippen molar-refractivity contribution in [2.24, 2.45) is 5.73 Å². The first-order valence-corrected chi connectivity index (χ1v) is 6.92. The monoisotopic (exact) mass is 387 g/mol. The number of amides is 2. The molecule has 23 heavy (non-hydrogen) atoms. The predicted molar refractivity (Wildman–Crippen MR) is 79.9 cm³/mol. The van der Waals surface area contributed by atoms with Gasteiger partial charge in [-0.15, -0.1) is 0 Å². The minimum absolute atomic E-state index is 0.00555. The Hall–Kier alpha value is -2.42. The highest BCUT2D eigenvalue weighted by atomic mass is 79.9. The Morgan fingerprint density at radius 1 is 1.17 bits per heavy atom. The molecule has 120 valence electrons. The Balaban J connectivity index is 2.24. The van der Waals surface area contributed by atoms with Gasteiger partial charge in [-0.05, 0) is 46.3 Å². The van der Waals surface area contributed by atoms with E-state index in [2.05, 4.69) is 26.2 Å². The van der Waals surface area contributed by atoms with Crippen LogP contribution in [0.3, 0.4) is 0 Å². The van der Waals surface area contributed by atoms with Crippen LogP contribution in [0.1, 0.15) is 26.4 Å². The largest absolute Gasteiger partial charge is 0.416 e. The van der Waals surface area contributed by atoms with E-state index in [9.17, 15) is 22.8 Å². The van der Waals surface area contributed by atoms with Crippen LogP contribution in [0, 0.1) is 0 Å². The second kappa shape index (κ2) is 6.37. The molecule has 9 heteroatoms. The second-order valence-electron chi connectivity index (χ2n) is 4.44. The third-order valence-electron chi connectivity index (χ3n) is 2.81. The van der Waals surface area contributed by atoms with Crippen molar-refractivity contribution < 1.29 is 22.8 Å². The van der Waals surface area contributed by atoms with Crippen LogP contribution in [-0.4, -0.2) is 16.8 Å². The molecule has 0 fully saturated rings. The average molecular weight is 388 g/mol. The summed E-state index contributed by atoms with van der Waals surface area (Å²) in [6.07, 6.45) is -3.23. The standard InChI is InChI=1S/C14H9BrF3N3O2/c15-10-5-7(14(16,17)18)1-2-9(10)13(23)21-8-3-4-20-11(6-8)12(19)22/h1-6H,(H2,19,22)(H,20,21,23). The number of nitrogens with one attached hydrogen (secondary N) is 1. The minimum atomic E-state index is -4.50. The van der Waals surface area contributed by atoms with Gasteiger partial charge in [0.05, 0.1) is 11.1 Å². The van der Waals surface area contributed by atoms with Crippen LogP contribution in [0.15, 0.2) is 41.0 Å². The van der Waals surface area contributed by atoms with Gasteiger partial charge in [0, 0.05) is 16.4 Å². The number of primary amides is 1. The molecule has 0 radical (unpaired) electrons. The van der Waals surface area contributed by atoms with Crippen LogP contribution in [0.4, 0.5) is 18.9 Å². The fraction of sp³-hybridized carbons (Fsp3) is 0.0714. The van der Waals surface area contributed by atoms with Crippen molar-refractivity contribution in [1.29, 1.82) is 0 Å². The molecule has 0 aliphatic heterocycles. The molecule has 0 bridgehead atoms. The van der Waals surface area contributed by atoms with Gasteiger partial charge >= 0.3 is 6.18 Å². The van der Waals surface area contributed by atoms with Gasteiger partial charge in [-0.1, -0.05) is 0 Å². The molecule has 0 spiro atoms. The van der Waals surface area contributed by atoms with Crippen LogP contribution < -0.4 is 11.1 Å². The maximum absolute atomic E-state index is 12.6. The number of nitrogens with two attached hydrogens (primary N) is 1. The lowest BCUT2D eigenvalue weighted by atomic mass is 10.1. The number of anilines is 1. The zero-order chi connectivity index (χ0) is 17.2. The molecule has 2 aromatic rings. The number of rotatable bonds is 3.